The molecule has 5 unspecified atom stereocenters. The molecule has 0 bridgehead atoms. The van der Waals surface area contributed by atoms with Gasteiger partial charge in [0.15, 0.2) is 0 Å². The lowest BCUT2D eigenvalue weighted by Gasteiger charge is -2.26. The number of carbonyl (C=O) groups is 2. The van der Waals surface area contributed by atoms with E-state index in [4.69, 9.17) is 14.2 Å². The van der Waals surface area contributed by atoms with Crippen molar-refractivity contribution in [1.82, 2.24) is 0 Å². The molecule has 1 saturated heterocycles. The molecule has 0 aliphatic carbocycles. The molecule has 0 amide bonds. The van der Waals surface area contributed by atoms with Crippen molar-refractivity contribution in [2.24, 2.45) is 0 Å². The van der Waals surface area contributed by atoms with E-state index in [-0.39, 0.29) is 36.4 Å². The van der Waals surface area contributed by atoms with E-state index in [0.29, 0.717) is 6.42 Å². The molecule has 1 N–H and O–H groups in total. The molecule has 1 fully saturated rings. The highest BCUT2D eigenvalue weighted by molar-refractivity contribution is 5.90. The van der Waals surface area contributed by atoms with Gasteiger partial charge in [0.05, 0.1) is 18.3 Å². The van der Waals surface area contributed by atoms with Crippen molar-refractivity contribution in [3.05, 3.63) is 23.8 Å². The predicted octanol–water partition coefficient (Wildman–Crippen LogP) is 15.7. The molecule has 0 spiro atoms. The molecule has 2 heterocycles. The molecule has 59 heavy (non-hydrogen) atoms. The van der Waals surface area contributed by atoms with Crippen LogP contribution in [0.1, 0.15) is 271 Å². The second-order valence-corrected chi connectivity index (χ2v) is 18.6. The fourth-order valence-corrected chi connectivity index (χ4v) is 9.05. The Kier molecular flexibility index (Phi) is 34.5. The van der Waals surface area contributed by atoms with Crippen molar-refractivity contribution in [3.63, 3.8) is 0 Å². The molecule has 2 aliphatic rings. The Labute approximate surface area is 365 Å². The predicted molar refractivity (Wildman–Crippen MR) is 249 cm³/mol. The Bertz CT molecular complexity index is 1050. The Morgan fingerprint density at radius 1 is 0.627 bits per heavy atom. The quantitative estimate of drug-likeness (QED) is 0.0375. The topological polar surface area (TPSA) is 82.1 Å². The fraction of sp³-hybridized carbons (Fsp3) is 0.887. The highest BCUT2D eigenvalue weighted by atomic mass is 16.6. The van der Waals surface area contributed by atoms with Crippen LogP contribution in [0.2, 0.25) is 0 Å². The molecule has 6 heteroatoms. The number of esters is 2. The molecule has 0 radical (unpaired) electrons. The maximum Gasteiger partial charge on any atom is 0.334 e. The minimum atomic E-state index is -0.423. The minimum absolute atomic E-state index is 0.0586. The van der Waals surface area contributed by atoms with Gasteiger partial charge in [0.1, 0.15) is 12.2 Å². The van der Waals surface area contributed by atoms with Crippen molar-refractivity contribution in [1.29, 1.82) is 0 Å². The largest absolute Gasteiger partial charge is 0.460 e. The van der Waals surface area contributed by atoms with Crippen molar-refractivity contribution in [2.45, 2.75) is 302 Å². The van der Waals surface area contributed by atoms with E-state index in [9.17, 15) is 14.7 Å². The van der Waals surface area contributed by atoms with Gasteiger partial charge in [-0.2, -0.15) is 0 Å². The van der Waals surface area contributed by atoms with Crippen LogP contribution in [0.15, 0.2) is 23.8 Å². The van der Waals surface area contributed by atoms with Crippen LogP contribution in [0.3, 0.4) is 0 Å². The standard InChI is InChI=1S/C53H96O6/c1-4-6-8-10-12-14-16-17-18-19-20-26-30-34-38-42-52(55)59-50(41-37-33-29-25-22-21-23-27-31-35-39-47-45-46(3)57-53(47)56)51-44-43-49(58-51)48(54)40-36-32-28-24-15-13-11-9-7-5-2/h17-18,45-46,48-51,54H,4-16,19-44H2,1-3H3. The molecule has 344 valence electrons. The average Bonchev–Trinajstić information content (AvgIpc) is 3.85. The number of cyclic esters (lactones) is 1. The smallest absolute Gasteiger partial charge is 0.334 e. The van der Waals surface area contributed by atoms with Gasteiger partial charge < -0.3 is 19.3 Å². The summed E-state index contributed by atoms with van der Waals surface area (Å²) in [6.07, 6.45) is 51.7. The van der Waals surface area contributed by atoms with E-state index in [1.54, 1.807) is 0 Å². The van der Waals surface area contributed by atoms with Crippen LogP contribution in [0.25, 0.3) is 0 Å². The number of aliphatic hydroxyl groups is 1. The van der Waals surface area contributed by atoms with E-state index < -0.39 is 6.10 Å². The van der Waals surface area contributed by atoms with Crippen LogP contribution in [0.4, 0.5) is 0 Å². The van der Waals surface area contributed by atoms with E-state index in [1.807, 2.05) is 13.0 Å². The number of ether oxygens (including phenoxy) is 3. The summed E-state index contributed by atoms with van der Waals surface area (Å²) >= 11 is 0. The average molecular weight is 829 g/mol. The van der Waals surface area contributed by atoms with Crippen molar-refractivity contribution in [2.75, 3.05) is 0 Å². The molecule has 0 aromatic heterocycles. The first kappa shape index (κ1) is 53.5. The van der Waals surface area contributed by atoms with Crippen molar-refractivity contribution < 1.29 is 28.9 Å². The van der Waals surface area contributed by atoms with Crippen LogP contribution in [0.5, 0.6) is 0 Å². The highest BCUT2D eigenvalue weighted by Crippen LogP contribution is 2.30. The second kappa shape index (κ2) is 38.0. The number of hydrogen-bond donors (Lipinski definition) is 1. The minimum Gasteiger partial charge on any atom is -0.460 e. The van der Waals surface area contributed by atoms with Gasteiger partial charge in [-0.25, -0.2) is 4.79 Å². The maximum absolute atomic E-state index is 13.1. The molecule has 5 atom stereocenters. The summed E-state index contributed by atoms with van der Waals surface area (Å²) in [6.45, 7) is 6.47. The van der Waals surface area contributed by atoms with Gasteiger partial charge in [0, 0.05) is 12.0 Å². The number of hydrogen-bond acceptors (Lipinski definition) is 6. The molecule has 0 saturated carbocycles. The van der Waals surface area contributed by atoms with Gasteiger partial charge in [0.25, 0.3) is 0 Å². The second-order valence-electron chi connectivity index (χ2n) is 18.6. The van der Waals surface area contributed by atoms with Crippen LogP contribution in [0, 0.1) is 0 Å². The Balaban J connectivity index is 1.62. The third-order valence-electron chi connectivity index (χ3n) is 12.9. The maximum atomic E-state index is 13.1. The van der Waals surface area contributed by atoms with Gasteiger partial charge in [-0.1, -0.05) is 193 Å². The molecule has 6 nitrogen and oxygen atoms in total. The van der Waals surface area contributed by atoms with Crippen LogP contribution in [-0.4, -0.2) is 47.6 Å². The van der Waals surface area contributed by atoms with Gasteiger partial charge in [-0.3, -0.25) is 4.79 Å². The molecule has 0 aromatic carbocycles. The van der Waals surface area contributed by atoms with Gasteiger partial charge in [0.2, 0.25) is 0 Å². The Morgan fingerprint density at radius 2 is 1.07 bits per heavy atom. The molecular weight excluding hydrogens is 733 g/mol. The summed E-state index contributed by atoms with van der Waals surface area (Å²) in [5.74, 6) is -0.190. The van der Waals surface area contributed by atoms with E-state index in [2.05, 4.69) is 26.0 Å². The summed E-state index contributed by atoms with van der Waals surface area (Å²) in [5, 5.41) is 11.0. The third kappa shape index (κ3) is 29.3. The van der Waals surface area contributed by atoms with Crippen LogP contribution >= 0.6 is 0 Å². The number of unbranched alkanes of at least 4 members (excludes halogenated alkanes) is 29. The number of aliphatic hydroxyl groups excluding tert-OH is 1. The summed E-state index contributed by atoms with van der Waals surface area (Å²) in [5.41, 5.74) is 0.865. The summed E-state index contributed by atoms with van der Waals surface area (Å²) in [6, 6.07) is 0. The van der Waals surface area contributed by atoms with Gasteiger partial charge in [-0.05, 0) is 90.0 Å². The molecule has 2 aliphatic heterocycles. The zero-order valence-electron chi connectivity index (χ0n) is 39.2. The highest BCUT2D eigenvalue weighted by Gasteiger charge is 2.36. The Hall–Kier alpha value is -1.66. The Morgan fingerprint density at radius 3 is 1.58 bits per heavy atom. The van der Waals surface area contributed by atoms with E-state index >= 15 is 0 Å². The first-order valence-electron chi connectivity index (χ1n) is 26.0. The lowest BCUT2D eigenvalue weighted by Crippen LogP contribution is -2.34. The van der Waals surface area contributed by atoms with Gasteiger partial charge >= 0.3 is 11.9 Å². The monoisotopic (exact) mass is 829 g/mol. The molecular formula is C53H96O6. The lowest BCUT2D eigenvalue weighted by atomic mass is 9.99. The van der Waals surface area contributed by atoms with Gasteiger partial charge in [-0.15, -0.1) is 0 Å². The number of rotatable bonds is 42. The summed E-state index contributed by atoms with van der Waals surface area (Å²) in [7, 11) is 0. The molecule has 0 aromatic rings. The van der Waals surface area contributed by atoms with Crippen molar-refractivity contribution in [3.8, 4) is 0 Å². The van der Waals surface area contributed by atoms with Crippen molar-refractivity contribution >= 4 is 11.9 Å². The normalized spacial score (nSPS) is 19.1. The van der Waals surface area contributed by atoms with Crippen LogP contribution < -0.4 is 0 Å². The third-order valence-corrected chi connectivity index (χ3v) is 12.9. The number of carbonyl (C=O) groups excluding carboxylic acids is 2. The zero-order chi connectivity index (χ0) is 42.4. The first-order chi connectivity index (χ1) is 28.9. The number of allylic oxidation sites excluding steroid dienone is 2. The zero-order valence-corrected chi connectivity index (χ0v) is 39.2. The SMILES string of the molecule is CCCCCCCCC=CCCCCCCCC(=O)OC(CCCCCCCCCCCCC1=CC(C)OC1=O)C1CCC(C(O)CCCCCCCCCCCC)O1. The van der Waals surface area contributed by atoms with E-state index in [0.717, 1.165) is 76.2 Å². The van der Waals surface area contributed by atoms with E-state index in [1.165, 1.54) is 173 Å². The lowest BCUT2D eigenvalue weighted by molar-refractivity contribution is -0.160. The first-order valence-corrected chi connectivity index (χ1v) is 26.0. The van der Waals surface area contributed by atoms with Crippen LogP contribution in [-0.2, 0) is 23.8 Å². The molecule has 2 rings (SSSR count). The fourth-order valence-electron chi connectivity index (χ4n) is 9.05. The summed E-state index contributed by atoms with van der Waals surface area (Å²) < 4.78 is 17.9. The summed E-state index contributed by atoms with van der Waals surface area (Å²) in [4.78, 5) is 24.9.